The van der Waals surface area contributed by atoms with Gasteiger partial charge in [0.05, 0.1) is 11.8 Å². The molecule has 1 heterocycles. The first-order chi connectivity index (χ1) is 10.8. The molecule has 1 aliphatic rings. The van der Waals surface area contributed by atoms with Crippen molar-refractivity contribution < 1.29 is 18.7 Å². The third kappa shape index (κ3) is 5.03. The molecule has 1 aliphatic heterocycles. The molecule has 0 spiro atoms. The van der Waals surface area contributed by atoms with Crippen LogP contribution in [0.25, 0.3) is 0 Å². The predicted octanol–water partition coefficient (Wildman–Crippen LogP) is 2.33. The van der Waals surface area contributed by atoms with E-state index in [0.29, 0.717) is 25.2 Å². The van der Waals surface area contributed by atoms with Gasteiger partial charge in [-0.3, -0.25) is 9.59 Å². The number of carbonyl (C=O) groups excluding carboxylic acids is 2. The Morgan fingerprint density at radius 1 is 1.22 bits per heavy atom. The van der Waals surface area contributed by atoms with E-state index in [1.165, 1.54) is 24.3 Å². The Morgan fingerprint density at radius 2 is 1.87 bits per heavy atom. The number of amides is 1. The summed E-state index contributed by atoms with van der Waals surface area (Å²) in [6.07, 6.45) is 0.553. The molecule has 2 unspecified atom stereocenters. The Balaban J connectivity index is 2.06. The van der Waals surface area contributed by atoms with Crippen LogP contribution in [0, 0.1) is 17.7 Å². The van der Waals surface area contributed by atoms with E-state index in [1.54, 1.807) is 20.8 Å². The fraction of sp³-hybridized carbons (Fsp3) is 0.529. The highest BCUT2D eigenvalue weighted by Crippen LogP contribution is 2.24. The van der Waals surface area contributed by atoms with Gasteiger partial charge in [0.15, 0.2) is 0 Å². The molecule has 2 N–H and O–H groups in total. The zero-order chi connectivity index (χ0) is 17.0. The van der Waals surface area contributed by atoms with E-state index in [0.717, 1.165) is 0 Å². The van der Waals surface area contributed by atoms with E-state index in [4.69, 9.17) is 4.74 Å². The van der Waals surface area contributed by atoms with Crippen molar-refractivity contribution >= 4 is 17.6 Å². The second-order valence-electron chi connectivity index (χ2n) is 6.74. The summed E-state index contributed by atoms with van der Waals surface area (Å²) in [6.45, 7) is 6.48. The molecule has 0 aromatic heterocycles. The van der Waals surface area contributed by atoms with Gasteiger partial charge in [-0.25, -0.2) is 4.39 Å². The van der Waals surface area contributed by atoms with Crippen molar-refractivity contribution in [3.63, 3.8) is 0 Å². The normalized spacial score (nSPS) is 21.6. The smallest absolute Gasteiger partial charge is 0.311 e. The van der Waals surface area contributed by atoms with Crippen LogP contribution in [0.3, 0.4) is 0 Å². The van der Waals surface area contributed by atoms with Crippen LogP contribution in [0.2, 0.25) is 0 Å². The maximum absolute atomic E-state index is 12.9. The predicted molar refractivity (Wildman–Crippen MR) is 85.3 cm³/mol. The van der Waals surface area contributed by atoms with Crippen molar-refractivity contribution in [1.82, 2.24) is 5.32 Å². The number of esters is 1. The van der Waals surface area contributed by atoms with Gasteiger partial charge in [-0.1, -0.05) is 0 Å². The van der Waals surface area contributed by atoms with E-state index >= 15 is 0 Å². The van der Waals surface area contributed by atoms with Crippen LogP contribution in [0.15, 0.2) is 24.3 Å². The van der Waals surface area contributed by atoms with Gasteiger partial charge in [-0.2, -0.15) is 0 Å². The molecule has 2 atom stereocenters. The van der Waals surface area contributed by atoms with Crippen molar-refractivity contribution in [3.05, 3.63) is 30.1 Å². The molecule has 1 aromatic rings. The summed E-state index contributed by atoms with van der Waals surface area (Å²) >= 11 is 0. The van der Waals surface area contributed by atoms with Gasteiger partial charge in [-0.15, -0.1) is 0 Å². The molecule has 2 rings (SSSR count). The summed E-state index contributed by atoms with van der Waals surface area (Å²) in [5.41, 5.74) is -0.0788. The molecule has 1 amide bonds. The number of hydrogen-bond acceptors (Lipinski definition) is 4. The average Bonchev–Trinajstić information content (AvgIpc) is 2.48. The molecule has 1 fully saturated rings. The number of anilines is 1. The topological polar surface area (TPSA) is 67.4 Å². The highest BCUT2D eigenvalue weighted by atomic mass is 19.1. The van der Waals surface area contributed by atoms with Crippen molar-refractivity contribution in [2.24, 2.45) is 11.8 Å². The van der Waals surface area contributed by atoms with Crippen molar-refractivity contribution in [3.8, 4) is 0 Å². The number of halogens is 1. The van der Waals surface area contributed by atoms with Gasteiger partial charge in [0.25, 0.3) is 0 Å². The standard InChI is InChI=1S/C17H23FN2O3/c1-17(2,3)23-16(22)14-10-19-9-8-13(14)15(21)20-12-6-4-11(18)5-7-12/h4-7,13-14,19H,8-10H2,1-3H3,(H,20,21). The second-order valence-corrected chi connectivity index (χ2v) is 6.74. The van der Waals surface area contributed by atoms with Crippen molar-refractivity contribution in [2.75, 3.05) is 18.4 Å². The Bertz CT molecular complexity index is 566. The molecule has 126 valence electrons. The minimum absolute atomic E-state index is 0.242. The van der Waals surface area contributed by atoms with Gasteiger partial charge in [0.2, 0.25) is 5.91 Å². The lowest BCUT2D eigenvalue weighted by Crippen LogP contribution is -2.47. The molecular formula is C17H23FN2O3. The van der Waals surface area contributed by atoms with Gasteiger partial charge in [0, 0.05) is 12.2 Å². The third-order valence-electron chi connectivity index (χ3n) is 3.64. The summed E-state index contributed by atoms with van der Waals surface area (Å²) in [6, 6.07) is 5.56. The maximum Gasteiger partial charge on any atom is 0.311 e. The van der Waals surface area contributed by atoms with Crippen molar-refractivity contribution in [1.29, 1.82) is 0 Å². The molecule has 5 nitrogen and oxygen atoms in total. The summed E-state index contributed by atoms with van der Waals surface area (Å²) in [7, 11) is 0. The number of ether oxygens (including phenoxy) is 1. The number of carbonyl (C=O) groups is 2. The van der Waals surface area contributed by atoms with Crippen LogP contribution >= 0.6 is 0 Å². The van der Waals surface area contributed by atoms with Crippen LogP contribution < -0.4 is 10.6 Å². The third-order valence-corrected chi connectivity index (χ3v) is 3.64. The summed E-state index contributed by atoms with van der Waals surface area (Å²) in [4.78, 5) is 24.8. The minimum Gasteiger partial charge on any atom is -0.460 e. The van der Waals surface area contributed by atoms with E-state index < -0.39 is 17.4 Å². The summed E-state index contributed by atoms with van der Waals surface area (Å²) < 4.78 is 18.3. The van der Waals surface area contributed by atoms with Crippen LogP contribution in [-0.4, -0.2) is 30.6 Å². The second kappa shape index (κ2) is 7.08. The zero-order valence-corrected chi connectivity index (χ0v) is 13.7. The van der Waals surface area contributed by atoms with E-state index in [1.807, 2.05) is 0 Å². The van der Waals surface area contributed by atoms with Crippen LogP contribution in [0.5, 0.6) is 0 Å². The number of nitrogens with one attached hydrogen (secondary N) is 2. The number of benzene rings is 1. The summed E-state index contributed by atoms with van der Waals surface area (Å²) in [5, 5.41) is 5.87. The Labute approximate surface area is 135 Å². The molecule has 0 bridgehead atoms. The quantitative estimate of drug-likeness (QED) is 0.838. The fourth-order valence-corrected chi connectivity index (χ4v) is 2.57. The molecular weight excluding hydrogens is 299 g/mol. The SMILES string of the molecule is CC(C)(C)OC(=O)C1CNCCC1C(=O)Nc1ccc(F)cc1. The van der Waals surface area contributed by atoms with E-state index in [2.05, 4.69) is 10.6 Å². The Kier molecular flexibility index (Phi) is 5.36. The molecule has 23 heavy (non-hydrogen) atoms. The van der Waals surface area contributed by atoms with E-state index in [-0.39, 0.29) is 17.7 Å². The van der Waals surface area contributed by atoms with Crippen LogP contribution in [0.1, 0.15) is 27.2 Å². The number of piperidine rings is 1. The lowest BCUT2D eigenvalue weighted by atomic mass is 9.85. The lowest BCUT2D eigenvalue weighted by molar-refractivity contribution is -0.164. The van der Waals surface area contributed by atoms with Gasteiger partial charge < -0.3 is 15.4 Å². The first-order valence-corrected chi connectivity index (χ1v) is 7.76. The van der Waals surface area contributed by atoms with Gasteiger partial charge >= 0.3 is 5.97 Å². The average molecular weight is 322 g/mol. The minimum atomic E-state index is -0.591. The lowest BCUT2D eigenvalue weighted by Gasteiger charge is -2.32. The monoisotopic (exact) mass is 322 g/mol. The highest BCUT2D eigenvalue weighted by molar-refractivity contribution is 5.95. The fourth-order valence-electron chi connectivity index (χ4n) is 2.57. The highest BCUT2D eigenvalue weighted by Gasteiger charge is 2.38. The van der Waals surface area contributed by atoms with Gasteiger partial charge in [0.1, 0.15) is 11.4 Å². The maximum atomic E-state index is 12.9. The first-order valence-electron chi connectivity index (χ1n) is 7.76. The molecule has 0 saturated carbocycles. The molecule has 0 radical (unpaired) electrons. The number of hydrogen-bond donors (Lipinski definition) is 2. The summed E-state index contributed by atoms with van der Waals surface area (Å²) in [5.74, 6) is -1.96. The molecule has 6 heteroatoms. The molecule has 0 aliphatic carbocycles. The van der Waals surface area contributed by atoms with Crippen molar-refractivity contribution in [2.45, 2.75) is 32.8 Å². The molecule has 1 saturated heterocycles. The largest absolute Gasteiger partial charge is 0.460 e. The van der Waals surface area contributed by atoms with Gasteiger partial charge in [-0.05, 0) is 58.0 Å². The Morgan fingerprint density at radius 3 is 2.48 bits per heavy atom. The zero-order valence-electron chi connectivity index (χ0n) is 13.7. The first kappa shape index (κ1) is 17.4. The van der Waals surface area contributed by atoms with Crippen LogP contribution in [-0.2, 0) is 14.3 Å². The number of rotatable bonds is 3. The molecule has 1 aromatic carbocycles. The van der Waals surface area contributed by atoms with E-state index in [9.17, 15) is 14.0 Å². The van der Waals surface area contributed by atoms with Crippen LogP contribution in [0.4, 0.5) is 10.1 Å². The Hall–Kier alpha value is -1.95.